The first kappa shape index (κ1) is 12.4. The van der Waals surface area contributed by atoms with Crippen molar-refractivity contribution in [3.63, 3.8) is 0 Å². The molecule has 0 atom stereocenters. The Balaban J connectivity index is 3.07. The van der Waals surface area contributed by atoms with Crippen molar-refractivity contribution in [2.75, 3.05) is 19.5 Å². The molecule has 88 valence electrons. The van der Waals surface area contributed by atoms with Crippen LogP contribution in [0.15, 0.2) is 18.2 Å². The zero-order valence-corrected chi connectivity index (χ0v) is 9.60. The number of nitro groups is 1. The monoisotopic (exact) mass is 226 g/mol. The van der Waals surface area contributed by atoms with Crippen LogP contribution in [-0.2, 0) is 6.42 Å². The lowest BCUT2D eigenvalue weighted by atomic mass is 10.1. The molecule has 1 aromatic rings. The summed E-state index contributed by atoms with van der Waals surface area (Å²) in [7, 11) is 3.03. The molecule has 0 aliphatic rings. The van der Waals surface area contributed by atoms with E-state index >= 15 is 0 Å². The second-order valence-corrected chi connectivity index (χ2v) is 3.96. The van der Waals surface area contributed by atoms with Gasteiger partial charge in [0.05, 0.1) is 10.6 Å². The number of hydrogen-bond acceptors (Lipinski definition) is 4. The van der Waals surface area contributed by atoms with Gasteiger partial charge in [0, 0.05) is 11.6 Å². The van der Waals surface area contributed by atoms with E-state index in [2.05, 4.69) is 5.43 Å². The Morgan fingerprint density at radius 3 is 2.56 bits per heavy atom. The summed E-state index contributed by atoms with van der Waals surface area (Å²) in [5, 5.41) is 20.3. The minimum absolute atomic E-state index is 0.0703. The van der Waals surface area contributed by atoms with E-state index in [9.17, 15) is 15.3 Å². The van der Waals surface area contributed by atoms with Crippen molar-refractivity contribution in [1.82, 2.24) is 0 Å². The Labute approximate surface area is 93.8 Å². The summed E-state index contributed by atoms with van der Waals surface area (Å²) in [6.45, 7) is 1.86. The van der Waals surface area contributed by atoms with Crippen LogP contribution in [0.25, 0.3) is 0 Å². The fourth-order valence-corrected chi connectivity index (χ4v) is 1.42. The molecule has 0 fully saturated rings. The lowest BCUT2D eigenvalue weighted by molar-refractivity contribution is -1.06. The van der Waals surface area contributed by atoms with Crippen molar-refractivity contribution in [2.24, 2.45) is 0 Å². The average molecular weight is 226 g/mol. The van der Waals surface area contributed by atoms with Crippen LogP contribution >= 0.6 is 0 Å². The van der Waals surface area contributed by atoms with Gasteiger partial charge in [-0.1, -0.05) is 11.7 Å². The number of aryl methyl sites for hydroxylation is 1. The molecule has 0 aliphatic heterocycles. The third kappa shape index (κ3) is 3.18. The molecule has 0 amide bonds. The number of hydroxylamine groups is 2. The van der Waals surface area contributed by atoms with Gasteiger partial charge < -0.3 is 0 Å². The Morgan fingerprint density at radius 1 is 1.50 bits per heavy atom. The van der Waals surface area contributed by atoms with E-state index in [0.717, 1.165) is 0 Å². The summed E-state index contributed by atoms with van der Waals surface area (Å²) < 4.78 is -0.484. The largest absolute Gasteiger partial charge is 0.274 e. The van der Waals surface area contributed by atoms with Crippen molar-refractivity contribution < 1.29 is 14.9 Å². The minimum Gasteiger partial charge on any atom is -0.258 e. The Bertz CT molecular complexity index is 399. The highest BCUT2D eigenvalue weighted by Crippen LogP contribution is 2.24. The number of rotatable bonds is 4. The van der Waals surface area contributed by atoms with Gasteiger partial charge in [-0.2, -0.15) is 5.21 Å². The van der Waals surface area contributed by atoms with Gasteiger partial charge in [-0.25, -0.2) is 5.43 Å². The average Bonchev–Trinajstić information content (AvgIpc) is 2.15. The first-order chi connectivity index (χ1) is 7.33. The fraction of sp³-hybridized carbons (Fsp3) is 0.400. The van der Waals surface area contributed by atoms with Crippen LogP contribution < -0.4 is 5.43 Å². The summed E-state index contributed by atoms with van der Waals surface area (Å²) in [6.07, 6.45) is 0.605. The Hall–Kier alpha value is -1.66. The molecule has 2 N–H and O–H groups in total. The molecule has 1 aromatic carbocycles. The number of hydrogen-bond donors (Lipinski definition) is 2. The van der Waals surface area contributed by atoms with Crippen molar-refractivity contribution in [3.05, 3.63) is 33.9 Å². The Kier molecular flexibility index (Phi) is 3.46. The Morgan fingerprint density at radius 2 is 2.12 bits per heavy atom. The molecule has 0 bridgehead atoms. The predicted molar refractivity (Wildman–Crippen MR) is 60.0 cm³/mol. The highest BCUT2D eigenvalue weighted by atomic mass is 16.6. The molecule has 0 aromatic heterocycles. The first-order valence-electron chi connectivity index (χ1n) is 4.96. The highest BCUT2D eigenvalue weighted by molar-refractivity contribution is 5.54. The van der Waals surface area contributed by atoms with E-state index in [1.165, 1.54) is 20.2 Å². The zero-order valence-electron chi connectivity index (χ0n) is 9.60. The van der Waals surface area contributed by atoms with Crippen LogP contribution in [0.2, 0.25) is 0 Å². The minimum atomic E-state index is -0.484. The molecule has 16 heavy (non-hydrogen) atoms. The van der Waals surface area contributed by atoms with Crippen molar-refractivity contribution >= 4 is 11.4 Å². The lowest BCUT2D eigenvalue weighted by Gasteiger charge is -2.20. The lowest BCUT2D eigenvalue weighted by Crippen LogP contribution is -2.41. The number of nitro benzene ring substituents is 1. The maximum Gasteiger partial charge on any atom is 0.274 e. The SMILES string of the molecule is CCc1ccc(N[N+](C)(C)O)cc1[N+](=O)[O-]. The second-order valence-electron chi connectivity index (χ2n) is 3.96. The van der Waals surface area contributed by atoms with Gasteiger partial charge in [0.2, 0.25) is 0 Å². The molecule has 0 spiro atoms. The van der Waals surface area contributed by atoms with Crippen LogP contribution in [0.1, 0.15) is 12.5 Å². The first-order valence-corrected chi connectivity index (χ1v) is 4.96. The number of benzene rings is 1. The van der Waals surface area contributed by atoms with Crippen LogP contribution in [0, 0.1) is 10.1 Å². The maximum absolute atomic E-state index is 10.8. The molecule has 0 radical (unpaired) electrons. The summed E-state index contributed by atoms with van der Waals surface area (Å²) in [4.78, 5) is 10.4. The maximum atomic E-state index is 10.8. The van der Waals surface area contributed by atoms with Crippen molar-refractivity contribution in [2.45, 2.75) is 13.3 Å². The van der Waals surface area contributed by atoms with Crippen molar-refractivity contribution in [3.8, 4) is 0 Å². The second kappa shape index (κ2) is 4.46. The third-order valence-corrected chi connectivity index (χ3v) is 2.07. The predicted octanol–water partition coefficient (Wildman–Crippen LogP) is 1.95. The van der Waals surface area contributed by atoms with E-state index in [1.54, 1.807) is 12.1 Å². The van der Waals surface area contributed by atoms with Crippen LogP contribution in [0.5, 0.6) is 0 Å². The highest BCUT2D eigenvalue weighted by Gasteiger charge is 2.16. The molecule has 6 heteroatoms. The summed E-state index contributed by atoms with van der Waals surface area (Å²) in [5.74, 6) is 0. The smallest absolute Gasteiger partial charge is 0.258 e. The van der Waals surface area contributed by atoms with Gasteiger partial charge in [-0.3, -0.25) is 10.1 Å². The number of nitrogens with zero attached hydrogens (tertiary/aromatic N) is 2. The van der Waals surface area contributed by atoms with Gasteiger partial charge in [0.15, 0.2) is 0 Å². The number of quaternary nitrogens is 1. The molecule has 0 aliphatic carbocycles. The third-order valence-electron chi connectivity index (χ3n) is 2.07. The molecular weight excluding hydrogens is 210 g/mol. The number of nitrogens with one attached hydrogen (secondary N) is 1. The summed E-state index contributed by atoms with van der Waals surface area (Å²) in [6, 6.07) is 4.83. The molecule has 1 rings (SSSR count). The van der Waals surface area contributed by atoms with Gasteiger partial charge in [-0.15, -0.1) is 0 Å². The zero-order chi connectivity index (χ0) is 12.3. The molecule has 6 nitrogen and oxygen atoms in total. The standard InChI is InChI=1S/C10H16N3O3/c1-4-8-5-6-9(11-13(2,3)16)7-10(8)12(14)15/h5-7,11,16H,4H2,1-3H3/q+1. The summed E-state index contributed by atoms with van der Waals surface area (Å²) in [5.41, 5.74) is 3.98. The van der Waals surface area contributed by atoms with E-state index in [4.69, 9.17) is 0 Å². The molecule has 0 saturated heterocycles. The van der Waals surface area contributed by atoms with E-state index in [-0.39, 0.29) is 5.69 Å². The summed E-state index contributed by atoms with van der Waals surface area (Å²) >= 11 is 0. The molecule has 0 unspecified atom stereocenters. The van der Waals surface area contributed by atoms with E-state index < -0.39 is 9.68 Å². The fourth-order valence-electron chi connectivity index (χ4n) is 1.42. The molecule has 0 saturated carbocycles. The van der Waals surface area contributed by atoms with Gasteiger partial charge in [-0.05, 0) is 18.6 Å². The quantitative estimate of drug-likeness (QED) is 0.467. The van der Waals surface area contributed by atoms with Gasteiger partial charge in [0.25, 0.3) is 5.69 Å². The van der Waals surface area contributed by atoms with Crippen LogP contribution in [0.3, 0.4) is 0 Å². The normalized spacial score (nSPS) is 11.2. The van der Waals surface area contributed by atoms with E-state index in [1.807, 2.05) is 6.92 Å². The van der Waals surface area contributed by atoms with E-state index in [0.29, 0.717) is 17.7 Å². The van der Waals surface area contributed by atoms with Crippen LogP contribution in [-0.4, -0.2) is 29.0 Å². The topological polar surface area (TPSA) is 75.4 Å². The van der Waals surface area contributed by atoms with Crippen molar-refractivity contribution in [1.29, 1.82) is 0 Å². The number of anilines is 1. The van der Waals surface area contributed by atoms with Gasteiger partial charge in [0.1, 0.15) is 14.1 Å². The molecule has 0 heterocycles. The van der Waals surface area contributed by atoms with Gasteiger partial charge >= 0.3 is 0 Å². The van der Waals surface area contributed by atoms with Crippen LogP contribution in [0.4, 0.5) is 11.4 Å². The molecular formula is C10H16N3O3+.